The molecule has 0 aromatic carbocycles. The Morgan fingerprint density at radius 2 is 2.31 bits per heavy atom. The second-order valence-electron chi connectivity index (χ2n) is 4.36. The van der Waals surface area contributed by atoms with Crippen molar-refractivity contribution in [3.63, 3.8) is 0 Å². The molecule has 16 heavy (non-hydrogen) atoms. The summed E-state index contributed by atoms with van der Waals surface area (Å²) in [6.07, 6.45) is 5.54. The molecule has 2 heterocycles. The first-order valence-electron chi connectivity index (χ1n) is 5.72. The summed E-state index contributed by atoms with van der Waals surface area (Å²) in [6, 6.07) is -0.389. The zero-order valence-electron chi connectivity index (χ0n) is 9.52. The van der Waals surface area contributed by atoms with Crippen LogP contribution in [0.2, 0.25) is 0 Å². The van der Waals surface area contributed by atoms with Crippen LogP contribution in [-0.4, -0.2) is 39.9 Å². The number of carbonyl (C=O) groups excluding carboxylic acids is 1. The topological polar surface area (TPSA) is 75.0 Å². The number of hydrogen-bond acceptors (Lipinski definition) is 3. The third-order valence-corrected chi connectivity index (χ3v) is 3.10. The number of likely N-dealkylation sites (tertiary alicyclic amines) is 1. The Morgan fingerprint density at radius 1 is 1.62 bits per heavy atom. The smallest absolute Gasteiger partial charge is 0.239 e. The molecular weight excluding hydrogens is 204 g/mol. The second-order valence-corrected chi connectivity index (χ2v) is 4.36. The zero-order valence-corrected chi connectivity index (χ0v) is 9.52. The molecule has 0 unspecified atom stereocenters. The summed E-state index contributed by atoms with van der Waals surface area (Å²) in [5.41, 5.74) is 5.59. The van der Waals surface area contributed by atoms with Crippen LogP contribution >= 0.6 is 0 Å². The Balaban J connectivity index is 1.90. The number of nitrogens with two attached hydrogens (primary N) is 1. The fraction of sp³-hybridized carbons (Fsp3) is 0.636. The fourth-order valence-electron chi connectivity index (χ4n) is 2.16. The number of nitrogens with zero attached hydrogens (tertiary/aromatic N) is 2. The summed E-state index contributed by atoms with van der Waals surface area (Å²) in [7, 11) is 0. The first-order chi connectivity index (χ1) is 7.68. The number of aromatic nitrogens is 2. The van der Waals surface area contributed by atoms with E-state index in [9.17, 15) is 4.79 Å². The van der Waals surface area contributed by atoms with Crippen molar-refractivity contribution in [2.45, 2.75) is 31.7 Å². The quantitative estimate of drug-likeness (QED) is 0.763. The van der Waals surface area contributed by atoms with Gasteiger partial charge in [0.25, 0.3) is 0 Å². The van der Waals surface area contributed by atoms with Crippen molar-refractivity contribution in [3.8, 4) is 0 Å². The van der Waals surface area contributed by atoms with E-state index in [4.69, 9.17) is 5.73 Å². The standard InChI is InChI=1S/C11H18N4O/c1-8(12)11(16)15-6-2-9(3-7-15)10-13-4-5-14-10/h4-5,8-9H,2-3,6-7,12H2,1H3,(H,13,14)/t8-/m1/s1. The van der Waals surface area contributed by atoms with Gasteiger partial charge >= 0.3 is 0 Å². The van der Waals surface area contributed by atoms with E-state index in [0.29, 0.717) is 5.92 Å². The van der Waals surface area contributed by atoms with Gasteiger partial charge < -0.3 is 15.6 Å². The van der Waals surface area contributed by atoms with E-state index in [1.807, 2.05) is 11.1 Å². The molecule has 0 aliphatic carbocycles. The number of hydrogen-bond donors (Lipinski definition) is 2. The first-order valence-corrected chi connectivity index (χ1v) is 5.72. The lowest BCUT2D eigenvalue weighted by Crippen LogP contribution is -2.45. The molecule has 1 saturated heterocycles. The summed E-state index contributed by atoms with van der Waals surface area (Å²) in [4.78, 5) is 20.9. The first kappa shape index (κ1) is 11.1. The number of H-pyrrole nitrogens is 1. The van der Waals surface area contributed by atoms with Gasteiger partial charge in [-0.15, -0.1) is 0 Å². The van der Waals surface area contributed by atoms with E-state index in [-0.39, 0.29) is 11.9 Å². The van der Waals surface area contributed by atoms with E-state index < -0.39 is 0 Å². The number of aromatic amines is 1. The second kappa shape index (κ2) is 4.65. The van der Waals surface area contributed by atoms with Gasteiger partial charge in [-0.25, -0.2) is 4.98 Å². The van der Waals surface area contributed by atoms with Crippen LogP contribution in [0.3, 0.4) is 0 Å². The van der Waals surface area contributed by atoms with E-state index >= 15 is 0 Å². The minimum absolute atomic E-state index is 0.0536. The normalized spacial score (nSPS) is 19.8. The maximum Gasteiger partial charge on any atom is 0.239 e. The molecule has 1 fully saturated rings. The Bertz CT molecular complexity index is 339. The molecule has 1 amide bonds. The molecule has 5 nitrogen and oxygen atoms in total. The zero-order chi connectivity index (χ0) is 11.5. The molecule has 3 N–H and O–H groups in total. The molecule has 0 spiro atoms. The molecule has 0 saturated carbocycles. The minimum atomic E-state index is -0.389. The molecule has 0 bridgehead atoms. The average molecular weight is 222 g/mol. The van der Waals surface area contributed by atoms with Crippen molar-refractivity contribution in [2.75, 3.05) is 13.1 Å². The molecule has 2 rings (SSSR count). The fourth-order valence-corrected chi connectivity index (χ4v) is 2.16. The highest BCUT2D eigenvalue weighted by molar-refractivity contribution is 5.81. The van der Waals surface area contributed by atoms with Gasteiger partial charge in [-0.05, 0) is 19.8 Å². The number of piperidine rings is 1. The molecule has 5 heteroatoms. The van der Waals surface area contributed by atoms with Crippen LogP contribution in [0, 0.1) is 0 Å². The third-order valence-electron chi connectivity index (χ3n) is 3.10. The third kappa shape index (κ3) is 2.24. The van der Waals surface area contributed by atoms with Gasteiger partial charge in [0.05, 0.1) is 6.04 Å². The summed E-state index contributed by atoms with van der Waals surface area (Å²) in [5, 5.41) is 0. The molecular formula is C11H18N4O. The predicted molar refractivity (Wildman–Crippen MR) is 60.8 cm³/mol. The highest BCUT2D eigenvalue weighted by atomic mass is 16.2. The predicted octanol–water partition coefficient (Wildman–Crippen LogP) is 0.463. The summed E-state index contributed by atoms with van der Waals surface area (Å²) >= 11 is 0. The Kier molecular flexibility index (Phi) is 3.24. The maximum atomic E-state index is 11.7. The van der Waals surface area contributed by atoms with Gasteiger partial charge in [0.1, 0.15) is 5.82 Å². The van der Waals surface area contributed by atoms with E-state index in [1.54, 1.807) is 13.1 Å². The maximum absolute atomic E-state index is 11.7. The van der Waals surface area contributed by atoms with Gasteiger partial charge in [0.2, 0.25) is 5.91 Å². The summed E-state index contributed by atoms with van der Waals surface area (Å²) in [6.45, 7) is 3.30. The van der Waals surface area contributed by atoms with Crippen molar-refractivity contribution >= 4 is 5.91 Å². The SMILES string of the molecule is C[C@@H](N)C(=O)N1CCC(c2ncc[nH]2)CC1. The van der Waals surface area contributed by atoms with Crippen molar-refractivity contribution in [1.29, 1.82) is 0 Å². The van der Waals surface area contributed by atoms with Crippen molar-refractivity contribution in [1.82, 2.24) is 14.9 Å². The number of imidazole rings is 1. The Hall–Kier alpha value is -1.36. The number of carbonyl (C=O) groups is 1. The number of amides is 1. The molecule has 88 valence electrons. The molecule has 1 atom stereocenters. The average Bonchev–Trinajstić information content (AvgIpc) is 2.81. The molecule has 1 aromatic rings. The van der Waals surface area contributed by atoms with Crippen LogP contribution in [-0.2, 0) is 4.79 Å². The lowest BCUT2D eigenvalue weighted by molar-refractivity contribution is -0.133. The van der Waals surface area contributed by atoms with E-state index in [1.165, 1.54) is 0 Å². The van der Waals surface area contributed by atoms with Gasteiger partial charge in [-0.2, -0.15) is 0 Å². The Morgan fingerprint density at radius 3 is 2.81 bits per heavy atom. The van der Waals surface area contributed by atoms with Gasteiger partial charge in [0.15, 0.2) is 0 Å². The van der Waals surface area contributed by atoms with Crippen LogP contribution in [0.1, 0.15) is 31.5 Å². The van der Waals surface area contributed by atoms with Crippen molar-refractivity contribution in [2.24, 2.45) is 5.73 Å². The highest BCUT2D eigenvalue weighted by Gasteiger charge is 2.26. The van der Waals surface area contributed by atoms with Gasteiger partial charge in [-0.1, -0.05) is 0 Å². The molecule has 0 radical (unpaired) electrons. The van der Waals surface area contributed by atoms with Crippen LogP contribution in [0.25, 0.3) is 0 Å². The molecule has 1 aliphatic heterocycles. The van der Waals surface area contributed by atoms with Crippen LogP contribution in [0.5, 0.6) is 0 Å². The number of nitrogens with one attached hydrogen (secondary N) is 1. The Labute approximate surface area is 95.0 Å². The minimum Gasteiger partial charge on any atom is -0.348 e. The van der Waals surface area contributed by atoms with E-state index in [0.717, 1.165) is 31.8 Å². The van der Waals surface area contributed by atoms with Crippen LogP contribution < -0.4 is 5.73 Å². The number of rotatable bonds is 2. The highest BCUT2D eigenvalue weighted by Crippen LogP contribution is 2.25. The molecule has 1 aromatic heterocycles. The van der Waals surface area contributed by atoms with E-state index in [2.05, 4.69) is 9.97 Å². The lowest BCUT2D eigenvalue weighted by Gasteiger charge is -2.32. The van der Waals surface area contributed by atoms with Gasteiger partial charge in [0, 0.05) is 31.4 Å². The van der Waals surface area contributed by atoms with Crippen molar-refractivity contribution < 1.29 is 4.79 Å². The lowest BCUT2D eigenvalue weighted by atomic mass is 9.96. The van der Waals surface area contributed by atoms with Gasteiger partial charge in [-0.3, -0.25) is 4.79 Å². The largest absolute Gasteiger partial charge is 0.348 e. The van der Waals surface area contributed by atoms with Crippen LogP contribution in [0.15, 0.2) is 12.4 Å². The summed E-state index contributed by atoms with van der Waals surface area (Å²) in [5.74, 6) is 1.54. The monoisotopic (exact) mass is 222 g/mol. The summed E-state index contributed by atoms with van der Waals surface area (Å²) < 4.78 is 0. The molecule has 1 aliphatic rings. The van der Waals surface area contributed by atoms with Crippen molar-refractivity contribution in [3.05, 3.63) is 18.2 Å². The van der Waals surface area contributed by atoms with Crippen LogP contribution in [0.4, 0.5) is 0 Å².